The van der Waals surface area contributed by atoms with Crippen LogP contribution in [0.2, 0.25) is 20.1 Å². The number of carbonyl (C=O) groups is 2. The first-order chi connectivity index (χ1) is 14.8. The lowest BCUT2D eigenvalue weighted by atomic mass is 10.2. The summed E-state index contributed by atoms with van der Waals surface area (Å²) in [6, 6.07) is 14.7. The highest BCUT2D eigenvalue weighted by atomic mass is 35.5. The van der Waals surface area contributed by atoms with Crippen LogP contribution in [0.5, 0.6) is 11.5 Å². The van der Waals surface area contributed by atoms with Crippen LogP contribution in [-0.4, -0.2) is 11.9 Å². The topological polar surface area (TPSA) is 91.2 Å². The Morgan fingerprint density at radius 3 is 2.16 bits per heavy atom. The van der Waals surface area contributed by atoms with Crippen molar-refractivity contribution in [3.05, 3.63) is 85.8 Å². The number of ether oxygens (including phenoxy) is 1. The molecule has 31 heavy (non-hydrogen) atoms. The number of hydrogen-bond acceptors (Lipinski definition) is 4. The summed E-state index contributed by atoms with van der Waals surface area (Å²) in [5, 5.41) is 14.2. The molecule has 156 valence electrons. The van der Waals surface area contributed by atoms with Crippen molar-refractivity contribution in [2.75, 3.05) is 5.32 Å². The zero-order valence-corrected chi connectivity index (χ0v) is 18.4. The molecule has 0 heterocycles. The number of rotatable bonds is 4. The van der Waals surface area contributed by atoms with E-state index in [0.29, 0.717) is 11.3 Å². The first kappa shape index (κ1) is 22.7. The van der Waals surface area contributed by atoms with Crippen LogP contribution in [0.3, 0.4) is 0 Å². The number of nitrogens with one attached hydrogen (secondary N) is 2. The van der Waals surface area contributed by atoms with E-state index < -0.39 is 11.9 Å². The SMILES string of the molecule is N#Cc1ccc(Oc2c(Cl)cc(NC(=O)NC(=O)c3ccccc3Cl)cc2Cl)cc1Cl. The van der Waals surface area contributed by atoms with Crippen LogP contribution < -0.4 is 15.4 Å². The maximum atomic E-state index is 12.2. The third-order valence-corrected chi connectivity index (χ3v) is 5.09. The van der Waals surface area contributed by atoms with Crippen molar-refractivity contribution in [3.63, 3.8) is 0 Å². The summed E-state index contributed by atoms with van der Waals surface area (Å²) in [4.78, 5) is 24.3. The number of nitrogens with zero attached hydrogens (tertiary/aromatic N) is 1. The van der Waals surface area contributed by atoms with Crippen molar-refractivity contribution in [2.45, 2.75) is 0 Å². The molecule has 2 N–H and O–H groups in total. The van der Waals surface area contributed by atoms with Gasteiger partial charge in [-0.3, -0.25) is 10.1 Å². The molecule has 0 bridgehead atoms. The summed E-state index contributed by atoms with van der Waals surface area (Å²) in [7, 11) is 0. The number of carbonyl (C=O) groups excluding carboxylic acids is 2. The molecular weight excluding hydrogens is 484 g/mol. The molecule has 6 nitrogen and oxygen atoms in total. The first-order valence-electron chi connectivity index (χ1n) is 8.52. The summed E-state index contributed by atoms with van der Waals surface area (Å²) < 4.78 is 5.66. The second-order valence-corrected chi connectivity index (χ2v) is 7.64. The minimum absolute atomic E-state index is 0.0979. The fourth-order valence-corrected chi connectivity index (χ4v) is 3.47. The van der Waals surface area contributed by atoms with Crippen molar-refractivity contribution in [1.82, 2.24) is 5.32 Å². The lowest BCUT2D eigenvalue weighted by Crippen LogP contribution is -2.34. The van der Waals surface area contributed by atoms with E-state index in [9.17, 15) is 9.59 Å². The van der Waals surface area contributed by atoms with Gasteiger partial charge in [0.1, 0.15) is 11.8 Å². The molecule has 3 rings (SSSR count). The molecule has 0 aliphatic carbocycles. The molecule has 0 fully saturated rings. The molecule has 0 aromatic heterocycles. The van der Waals surface area contributed by atoms with Crippen LogP contribution in [0.1, 0.15) is 15.9 Å². The third-order valence-electron chi connectivity index (χ3n) is 3.88. The molecule has 3 aromatic carbocycles. The van der Waals surface area contributed by atoms with Gasteiger partial charge in [-0.25, -0.2) is 4.79 Å². The van der Waals surface area contributed by atoms with Crippen LogP contribution >= 0.6 is 46.4 Å². The number of hydrogen-bond donors (Lipinski definition) is 2. The van der Waals surface area contributed by atoms with Crippen LogP contribution in [0, 0.1) is 11.3 Å². The van der Waals surface area contributed by atoms with Crippen LogP contribution in [0.4, 0.5) is 10.5 Å². The van der Waals surface area contributed by atoms with Crippen LogP contribution in [0.25, 0.3) is 0 Å². The van der Waals surface area contributed by atoms with Gasteiger partial charge in [0.15, 0.2) is 5.75 Å². The summed E-state index contributed by atoms with van der Waals surface area (Å²) in [6.07, 6.45) is 0. The van der Waals surface area contributed by atoms with Gasteiger partial charge in [-0.05, 0) is 36.4 Å². The Morgan fingerprint density at radius 1 is 0.871 bits per heavy atom. The number of halogens is 4. The molecule has 0 spiro atoms. The highest BCUT2D eigenvalue weighted by molar-refractivity contribution is 6.38. The summed E-state index contributed by atoms with van der Waals surface area (Å²) in [5.41, 5.74) is 0.674. The highest BCUT2D eigenvalue weighted by Gasteiger charge is 2.16. The zero-order chi connectivity index (χ0) is 22.5. The van der Waals surface area contributed by atoms with Gasteiger partial charge in [-0.1, -0.05) is 58.5 Å². The minimum Gasteiger partial charge on any atom is -0.454 e. The Hall–Kier alpha value is -2.95. The van der Waals surface area contributed by atoms with Crippen molar-refractivity contribution >= 4 is 64.0 Å². The lowest BCUT2D eigenvalue weighted by Gasteiger charge is -2.13. The Balaban J connectivity index is 1.72. The molecule has 0 atom stereocenters. The minimum atomic E-state index is -0.801. The molecule has 0 aliphatic heterocycles. The molecule has 10 heteroatoms. The van der Waals surface area contributed by atoms with Gasteiger partial charge in [0, 0.05) is 11.8 Å². The van der Waals surface area contributed by atoms with Crippen molar-refractivity contribution in [2.24, 2.45) is 0 Å². The number of imide groups is 1. The van der Waals surface area contributed by atoms with Crippen molar-refractivity contribution in [1.29, 1.82) is 5.26 Å². The average Bonchev–Trinajstić information content (AvgIpc) is 2.71. The fraction of sp³-hybridized carbons (Fsp3) is 0. The van der Waals surface area contributed by atoms with Gasteiger partial charge >= 0.3 is 6.03 Å². The molecule has 0 radical (unpaired) electrons. The maximum Gasteiger partial charge on any atom is 0.326 e. The van der Waals surface area contributed by atoms with E-state index in [4.69, 9.17) is 56.4 Å². The highest BCUT2D eigenvalue weighted by Crippen LogP contribution is 2.39. The van der Waals surface area contributed by atoms with E-state index in [-0.39, 0.29) is 37.1 Å². The van der Waals surface area contributed by atoms with E-state index in [2.05, 4.69) is 10.6 Å². The Labute approximate surface area is 197 Å². The van der Waals surface area contributed by atoms with E-state index in [0.717, 1.165) is 0 Å². The van der Waals surface area contributed by atoms with Crippen molar-refractivity contribution in [3.8, 4) is 17.6 Å². The third kappa shape index (κ3) is 5.60. The van der Waals surface area contributed by atoms with Gasteiger partial charge < -0.3 is 10.1 Å². The summed E-state index contributed by atoms with van der Waals surface area (Å²) in [5.74, 6) is -0.225. The molecule has 3 aromatic rings. The Morgan fingerprint density at radius 2 is 1.55 bits per heavy atom. The predicted octanol–water partition coefficient (Wildman–Crippen LogP) is 6.93. The van der Waals surface area contributed by atoms with E-state index in [1.54, 1.807) is 12.1 Å². The van der Waals surface area contributed by atoms with Gasteiger partial charge in [0.05, 0.1) is 31.2 Å². The van der Waals surface area contributed by atoms with Gasteiger partial charge in [-0.15, -0.1) is 0 Å². The van der Waals surface area contributed by atoms with E-state index in [1.807, 2.05) is 6.07 Å². The normalized spacial score (nSPS) is 10.2. The molecule has 0 aliphatic rings. The van der Waals surface area contributed by atoms with Gasteiger partial charge in [-0.2, -0.15) is 5.26 Å². The van der Waals surface area contributed by atoms with Gasteiger partial charge in [0.25, 0.3) is 5.91 Å². The number of urea groups is 1. The fourth-order valence-electron chi connectivity index (χ4n) is 2.48. The van der Waals surface area contributed by atoms with Crippen LogP contribution in [0.15, 0.2) is 54.6 Å². The number of anilines is 1. The zero-order valence-electron chi connectivity index (χ0n) is 15.4. The lowest BCUT2D eigenvalue weighted by molar-refractivity contribution is 0.0967. The molecular formula is C21H11Cl4N3O3. The number of nitriles is 1. The summed E-state index contributed by atoms with van der Waals surface area (Å²) in [6.45, 7) is 0. The average molecular weight is 495 g/mol. The first-order valence-corrected chi connectivity index (χ1v) is 10.0. The van der Waals surface area contributed by atoms with E-state index >= 15 is 0 Å². The Kier molecular flexibility index (Phi) is 7.26. The monoisotopic (exact) mass is 493 g/mol. The standard InChI is InChI=1S/C21H11Cl4N3O3/c22-15-4-2-1-3-14(15)20(29)28-21(30)27-12-7-17(24)19(18(25)8-12)31-13-6-5-11(10-26)16(23)9-13/h1-9H,(H2,27,28,29,30). The van der Waals surface area contributed by atoms with Gasteiger partial charge in [0.2, 0.25) is 0 Å². The number of amides is 3. The molecule has 0 unspecified atom stereocenters. The van der Waals surface area contributed by atoms with E-state index in [1.165, 1.54) is 42.5 Å². The maximum absolute atomic E-state index is 12.2. The van der Waals surface area contributed by atoms with Crippen molar-refractivity contribution < 1.29 is 14.3 Å². The second kappa shape index (κ2) is 9.90. The Bertz CT molecular complexity index is 1200. The smallest absolute Gasteiger partial charge is 0.326 e. The summed E-state index contributed by atoms with van der Waals surface area (Å²) >= 11 is 24.4. The molecule has 0 saturated heterocycles. The quantitative estimate of drug-likeness (QED) is 0.411. The van der Waals surface area contributed by atoms with Crippen LogP contribution in [-0.2, 0) is 0 Å². The largest absolute Gasteiger partial charge is 0.454 e. The number of benzene rings is 3. The molecule has 0 saturated carbocycles. The second-order valence-electron chi connectivity index (χ2n) is 6.01. The predicted molar refractivity (Wildman–Crippen MR) is 121 cm³/mol. The molecule has 3 amide bonds.